The van der Waals surface area contributed by atoms with Crippen LogP contribution >= 0.6 is 11.3 Å². The van der Waals surface area contributed by atoms with E-state index in [0.717, 1.165) is 15.0 Å². The summed E-state index contributed by atoms with van der Waals surface area (Å²) in [6.45, 7) is 3.90. The lowest BCUT2D eigenvalue weighted by atomic mass is 9.79. The molecule has 1 N–H and O–H groups in total. The number of aryl methyl sites for hydroxylation is 1. The van der Waals surface area contributed by atoms with E-state index < -0.39 is 17.4 Å². The van der Waals surface area contributed by atoms with Gasteiger partial charge in [-0.2, -0.15) is 0 Å². The van der Waals surface area contributed by atoms with Crippen molar-refractivity contribution in [3.8, 4) is 5.75 Å². The molecular formula is C25H26O7S. The third-order valence-corrected chi connectivity index (χ3v) is 6.60. The van der Waals surface area contributed by atoms with Crippen molar-refractivity contribution < 1.29 is 29.0 Å². The predicted octanol–water partition coefficient (Wildman–Crippen LogP) is 4.14. The van der Waals surface area contributed by atoms with Crippen molar-refractivity contribution in [2.75, 3.05) is 13.2 Å². The number of rotatable bonds is 9. The van der Waals surface area contributed by atoms with Crippen molar-refractivity contribution in [3.05, 3.63) is 52.2 Å². The van der Waals surface area contributed by atoms with E-state index >= 15 is 0 Å². The van der Waals surface area contributed by atoms with Gasteiger partial charge in [0.05, 0.1) is 0 Å². The Bertz CT molecular complexity index is 1260. The zero-order chi connectivity index (χ0) is 24.2. The minimum atomic E-state index is -0.865. The number of benzene rings is 2. The number of Topliss-reactive ketones (excluding diaryl/α,β-unsaturated/α-hetero) is 1. The highest BCUT2D eigenvalue weighted by atomic mass is 32.1. The highest BCUT2D eigenvalue weighted by molar-refractivity contribution is 7.24. The van der Waals surface area contributed by atoms with Gasteiger partial charge in [-0.25, -0.2) is 0 Å². The monoisotopic (exact) mass is 470 g/mol. The van der Waals surface area contributed by atoms with Crippen LogP contribution in [-0.4, -0.2) is 36.0 Å². The van der Waals surface area contributed by atoms with Crippen molar-refractivity contribution in [3.63, 3.8) is 0 Å². The van der Waals surface area contributed by atoms with Gasteiger partial charge in [0, 0.05) is 45.9 Å². The molecule has 8 heteroatoms. The van der Waals surface area contributed by atoms with Crippen LogP contribution in [-0.2, 0) is 30.3 Å². The molecule has 0 atom stereocenters. The van der Waals surface area contributed by atoms with E-state index in [0.29, 0.717) is 23.6 Å². The summed E-state index contributed by atoms with van der Waals surface area (Å²) < 4.78 is 12.1. The van der Waals surface area contributed by atoms with E-state index in [4.69, 9.17) is 9.47 Å². The zero-order valence-corrected chi connectivity index (χ0v) is 19.6. The molecule has 2 aromatic carbocycles. The van der Waals surface area contributed by atoms with E-state index in [1.165, 1.54) is 38.2 Å². The van der Waals surface area contributed by atoms with E-state index in [9.17, 15) is 24.3 Å². The Balaban J connectivity index is 1.94. The fraction of sp³-hybridized carbons (Fsp3) is 0.360. The van der Waals surface area contributed by atoms with Crippen molar-refractivity contribution in [1.29, 1.82) is 0 Å². The molecule has 0 fully saturated rings. The minimum absolute atomic E-state index is 0.0345. The molecule has 174 valence electrons. The van der Waals surface area contributed by atoms with Crippen molar-refractivity contribution in [2.24, 2.45) is 5.41 Å². The second kappa shape index (κ2) is 10.1. The van der Waals surface area contributed by atoms with Crippen LogP contribution in [0.2, 0.25) is 0 Å². The molecule has 0 aliphatic carbocycles. The summed E-state index contributed by atoms with van der Waals surface area (Å²) in [5, 5.41) is 10.8. The molecule has 0 spiro atoms. The van der Waals surface area contributed by atoms with Crippen LogP contribution in [0.4, 0.5) is 0 Å². The third kappa shape index (κ3) is 6.16. The summed E-state index contributed by atoms with van der Waals surface area (Å²) in [5.41, 5.74) is -0.160. The SMILES string of the molecule is CC(=O)CC(CCc1ccc2sc3ccc(O)cc3c(=O)c2c1)(COC(C)=O)COC(C)=O. The first kappa shape index (κ1) is 24.4. The van der Waals surface area contributed by atoms with Crippen molar-refractivity contribution in [2.45, 2.75) is 40.0 Å². The Morgan fingerprint density at radius 2 is 1.48 bits per heavy atom. The Hall–Kier alpha value is -3.26. The van der Waals surface area contributed by atoms with Gasteiger partial charge < -0.3 is 19.4 Å². The molecule has 1 aromatic heterocycles. The smallest absolute Gasteiger partial charge is 0.302 e. The fourth-order valence-electron chi connectivity index (χ4n) is 3.87. The summed E-state index contributed by atoms with van der Waals surface area (Å²) in [7, 11) is 0. The first-order chi connectivity index (χ1) is 15.6. The van der Waals surface area contributed by atoms with E-state index in [1.54, 1.807) is 12.1 Å². The Morgan fingerprint density at radius 1 is 0.909 bits per heavy atom. The largest absolute Gasteiger partial charge is 0.508 e. The maximum absolute atomic E-state index is 13.0. The topological polar surface area (TPSA) is 107 Å². The first-order valence-corrected chi connectivity index (χ1v) is 11.3. The van der Waals surface area contributed by atoms with Crippen LogP contribution < -0.4 is 5.43 Å². The number of hydrogen-bond acceptors (Lipinski definition) is 8. The number of ketones is 1. The van der Waals surface area contributed by atoms with Crippen LogP contribution in [0, 0.1) is 5.41 Å². The molecule has 0 radical (unpaired) electrons. The van der Waals surface area contributed by atoms with E-state index in [1.807, 2.05) is 18.2 Å². The second-order valence-corrected chi connectivity index (χ2v) is 9.47. The number of esters is 2. The summed E-state index contributed by atoms with van der Waals surface area (Å²) >= 11 is 1.47. The van der Waals surface area contributed by atoms with Crippen LogP contribution in [0.5, 0.6) is 5.75 Å². The molecule has 0 saturated carbocycles. The summed E-state index contributed by atoms with van der Waals surface area (Å²) in [6.07, 6.45) is 0.971. The lowest BCUT2D eigenvalue weighted by Crippen LogP contribution is -2.36. The summed E-state index contributed by atoms with van der Waals surface area (Å²) in [4.78, 5) is 47.9. The molecule has 0 amide bonds. The minimum Gasteiger partial charge on any atom is -0.508 e. The van der Waals surface area contributed by atoms with Gasteiger partial charge in [0.1, 0.15) is 24.7 Å². The number of ether oxygens (including phenoxy) is 2. The Labute approximate surface area is 194 Å². The predicted molar refractivity (Wildman–Crippen MR) is 127 cm³/mol. The Kier molecular flexibility index (Phi) is 7.48. The molecule has 33 heavy (non-hydrogen) atoms. The number of hydrogen-bond donors (Lipinski definition) is 1. The summed E-state index contributed by atoms with van der Waals surface area (Å²) in [5.74, 6) is -1.04. The number of phenolic OH excluding ortho intramolecular Hbond substituents is 1. The maximum Gasteiger partial charge on any atom is 0.302 e. The van der Waals surface area contributed by atoms with Crippen LogP contribution in [0.3, 0.4) is 0 Å². The molecule has 0 aliphatic heterocycles. The quantitative estimate of drug-likeness (QED) is 0.370. The Morgan fingerprint density at radius 3 is 2.06 bits per heavy atom. The van der Waals surface area contributed by atoms with Crippen LogP contribution in [0.1, 0.15) is 39.2 Å². The van der Waals surface area contributed by atoms with Crippen molar-refractivity contribution in [1.82, 2.24) is 0 Å². The standard InChI is InChI=1S/C25H26O7S/c1-15(26)12-25(13-31-16(2)27,14-32-17(3)28)9-8-18-4-6-22-20(10-18)24(30)21-11-19(29)5-7-23(21)33-22/h4-7,10-11,29H,8-9,12-14H2,1-3H3. The first-order valence-electron chi connectivity index (χ1n) is 10.5. The molecular weight excluding hydrogens is 444 g/mol. The molecule has 0 unspecified atom stereocenters. The van der Waals surface area contributed by atoms with Crippen LogP contribution in [0.25, 0.3) is 20.2 Å². The maximum atomic E-state index is 13.0. The van der Waals surface area contributed by atoms with Gasteiger partial charge in [-0.15, -0.1) is 11.3 Å². The molecule has 1 heterocycles. The van der Waals surface area contributed by atoms with Gasteiger partial charge in [0.25, 0.3) is 0 Å². The van der Waals surface area contributed by atoms with Crippen LogP contribution in [0.15, 0.2) is 41.2 Å². The van der Waals surface area contributed by atoms with Gasteiger partial charge >= 0.3 is 11.9 Å². The molecule has 3 rings (SSSR count). The highest BCUT2D eigenvalue weighted by Gasteiger charge is 2.34. The second-order valence-electron chi connectivity index (χ2n) is 8.38. The lowest BCUT2D eigenvalue weighted by Gasteiger charge is -2.32. The third-order valence-electron chi connectivity index (χ3n) is 5.45. The lowest BCUT2D eigenvalue weighted by molar-refractivity contribution is -0.154. The molecule has 3 aromatic rings. The fourth-order valence-corrected chi connectivity index (χ4v) is 4.90. The van der Waals surface area contributed by atoms with Gasteiger partial charge in [-0.05, 0) is 55.7 Å². The molecule has 7 nitrogen and oxygen atoms in total. The molecule has 0 aliphatic rings. The molecule has 0 bridgehead atoms. The van der Waals surface area contributed by atoms with E-state index in [-0.39, 0.29) is 36.6 Å². The number of aromatic hydroxyl groups is 1. The number of phenols is 1. The number of carbonyl (C=O) groups is 3. The van der Waals surface area contributed by atoms with Gasteiger partial charge in [0.15, 0.2) is 5.43 Å². The average molecular weight is 471 g/mol. The van der Waals surface area contributed by atoms with Gasteiger partial charge in [0.2, 0.25) is 0 Å². The number of carbonyl (C=O) groups excluding carboxylic acids is 3. The summed E-state index contributed by atoms with van der Waals surface area (Å²) in [6, 6.07) is 10.4. The molecule has 0 saturated heterocycles. The van der Waals surface area contributed by atoms with Gasteiger partial charge in [-0.3, -0.25) is 14.4 Å². The van der Waals surface area contributed by atoms with Crippen molar-refractivity contribution >= 4 is 49.2 Å². The average Bonchev–Trinajstić information content (AvgIpc) is 2.75. The van der Waals surface area contributed by atoms with Gasteiger partial charge in [-0.1, -0.05) is 6.07 Å². The highest BCUT2D eigenvalue weighted by Crippen LogP contribution is 2.32. The normalized spacial score (nSPS) is 11.5. The zero-order valence-electron chi connectivity index (χ0n) is 18.8. The van der Waals surface area contributed by atoms with E-state index in [2.05, 4.69) is 0 Å². The number of fused-ring (bicyclic) bond motifs is 2.